The summed E-state index contributed by atoms with van der Waals surface area (Å²) in [5.41, 5.74) is 0.134. The third-order valence-corrected chi connectivity index (χ3v) is 1.88. The molecular formula is C10H6NO2. The SMILES string of the molecule is O=[N+]([O-])c1cc[c]c2ccccc12. The maximum atomic E-state index is 10.6. The molecule has 0 spiro atoms. The largest absolute Gasteiger partial charge is 0.277 e. The smallest absolute Gasteiger partial charge is 0.258 e. The first kappa shape index (κ1) is 7.73. The number of nitro groups is 1. The Morgan fingerprint density at radius 3 is 2.77 bits per heavy atom. The monoisotopic (exact) mass is 172 g/mol. The lowest BCUT2D eigenvalue weighted by molar-refractivity contribution is -0.383. The molecule has 3 nitrogen and oxygen atoms in total. The van der Waals surface area contributed by atoms with Crippen LogP contribution in [0.3, 0.4) is 0 Å². The average molecular weight is 172 g/mol. The van der Waals surface area contributed by atoms with Crippen LogP contribution in [-0.4, -0.2) is 4.92 Å². The average Bonchev–Trinajstić information content (AvgIpc) is 2.17. The van der Waals surface area contributed by atoms with Crippen molar-refractivity contribution in [3.63, 3.8) is 0 Å². The molecule has 0 aliphatic rings. The minimum Gasteiger partial charge on any atom is -0.258 e. The third-order valence-electron chi connectivity index (χ3n) is 1.88. The molecule has 0 N–H and O–H groups in total. The molecule has 63 valence electrons. The van der Waals surface area contributed by atoms with Crippen molar-refractivity contribution in [2.24, 2.45) is 0 Å². The first-order valence-corrected chi connectivity index (χ1v) is 3.83. The standard InChI is InChI=1S/C10H6NO2/c12-11(13)10-7-3-5-8-4-1-2-6-9(8)10/h1-4,6-7H. The molecule has 2 aromatic carbocycles. The van der Waals surface area contributed by atoms with Gasteiger partial charge in [-0.2, -0.15) is 0 Å². The van der Waals surface area contributed by atoms with Gasteiger partial charge in [-0.15, -0.1) is 0 Å². The Balaban J connectivity index is 2.83. The summed E-state index contributed by atoms with van der Waals surface area (Å²) in [6.45, 7) is 0. The Kier molecular flexibility index (Phi) is 1.70. The molecule has 0 aliphatic heterocycles. The number of hydrogen-bond acceptors (Lipinski definition) is 2. The molecule has 2 rings (SSSR count). The molecule has 0 heterocycles. The van der Waals surface area contributed by atoms with Crippen LogP contribution in [0.2, 0.25) is 0 Å². The fourth-order valence-corrected chi connectivity index (χ4v) is 1.29. The summed E-state index contributed by atoms with van der Waals surface area (Å²) in [5, 5.41) is 12.0. The summed E-state index contributed by atoms with van der Waals surface area (Å²) in [6, 6.07) is 13.1. The molecule has 0 aliphatic carbocycles. The van der Waals surface area contributed by atoms with Crippen molar-refractivity contribution in [1.29, 1.82) is 0 Å². The summed E-state index contributed by atoms with van der Waals surface area (Å²) in [6.07, 6.45) is 0. The van der Waals surface area contributed by atoms with Crippen molar-refractivity contribution in [3.05, 3.63) is 52.6 Å². The first-order chi connectivity index (χ1) is 6.29. The predicted octanol–water partition coefficient (Wildman–Crippen LogP) is 2.55. The molecular weight excluding hydrogens is 166 g/mol. The van der Waals surface area contributed by atoms with Crippen LogP contribution in [0.15, 0.2) is 36.4 Å². The molecule has 0 saturated carbocycles. The van der Waals surface area contributed by atoms with Gasteiger partial charge in [0.25, 0.3) is 5.69 Å². The fraction of sp³-hybridized carbons (Fsp3) is 0. The van der Waals surface area contributed by atoms with Crippen LogP contribution >= 0.6 is 0 Å². The molecule has 0 amide bonds. The van der Waals surface area contributed by atoms with Crippen molar-refractivity contribution in [1.82, 2.24) is 0 Å². The molecule has 3 heteroatoms. The quantitative estimate of drug-likeness (QED) is 0.490. The number of benzene rings is 2. The van der Waals surface area contributed by atoms with Crippen LogP contribution in [-0.2, 0) is 0 Å². The summed E-state index contributed by atoms with van der Waals surface area (Å²) >= 11 is 0. The molecule has 0 fully saturated rings. The zero-order chi connectivity index (χ0) is 9.26. The zero-order valence-electron chi connectivity index (χ0n) is 6.73. The molecule has 0 bridgehead atoms. The van der Waals surface area contributed by atoms with Crippen LogP contribution in [0.4, 0.5) is 5.69 Å². The Morgan fingerprint density at radius 1 is 1.23 bits per heavy atom. The van der Waals surface area contributed by atoms with E-state index in [2.05, 4.69) is 6.07 Å². The van der Waals surface area contributed by atoms with E-state index in [9.17, 15) is 10.1 Å². The Hall–Kier alpha value is -1.90. The maximum absolute atomic E-state index is 10.6. The second-order valence-corrected chi connectivity index (χ2v) is 2.67. The summed E-state index contributed by atoms with van der Waals surface area (Å²) in [7, 11) is 0. The van der Waals surface area contributed by atoms with Crippen molar-refractivity contribution in [3.8, 4) is 0 Å². The van der Waals surface area contributed by atoms with Gasteiger partial charge in [0, 0.05) is 6.07 Å². The predicted molar refractivity (Wildman–Crippen MR) is 49.4 cm³/mol. The second kappa shape index (κ2) is 2.86. The van der Waals surface area contributed by atoms with E-state index in [-0.39, 0.29) is 10.6 Å². The lowest BCUT2D eigenvalue weighted by atomic mass is 10.1. The normalized spacial score (nSPS) is 10.2. The van der Waals surface area contributed by atoms with Gasteiger partial charge in [-0.05, 0) is 23.6 Å². The number of hydrogen-bond donors (Lipinski definition) is 0. The van der Waals surface area contributed by atoms with Crippen molar-refractivity contribution >= 4 is 16.5 Å². The highest BCUT2D eigenvalue weighted by Crippen LogP contribution is 2.23. The van der Waals surface area contributed by atoms with Gasteiger partial charge in [-0.3, -0.25) is 10.1 Å². The zero-order valence-corrected chi connectivity index (χ0v) is 6.73. The van der Waals surface area contributed by atoms with Gasteiger partial charge >= 0.3 is 0 Å². The second-order valence-electron chi connectivity index (χ2n) is 2.67. The van der Waals surface area contributed by atoms with Gasteiger partial charge in [0.1, 0.15) is 0 Å². The summed E-state index contributed by atoms with van der Waals surface area (Å²) in [5.74, 6) is 0. The Labute approximate surface area is 74.8 Å². The van der Waals surface area contributed by atoms with E-state index in [0.29, 0.717) is 5.39 Å². The van der Waals surface area contributed by atoms with Crippen LogP contribution in [0.25, 0.3) is 10.8 Å². The lowest BCUT2D eigenvalue weighted by Gasteiger charge is -1.96. The van der Waals surface area contributed by atoms with Gasteiger partial charge in [0.15, 0.2) is 0 Å². The van der Waals surface area contributed by atoms with Gasteiger partial charge < -0.3 is 0 Å². The molecule has 13 heavy (non-hydrogen) atoms. The fourth-order valence-electron chi connectivity index (χ4n) is 1.29. The Bertz CT molecular complexity index is 460. The minimum absolute atomic E-state index is 0.134. The first-order valence-electron chi connectivity index (χ1n) is 3.83. The maximum Gasteiger partial charge on any atom is 0.277 e. The van der Waals surface area contributed by atoms with E-state index in [1.54, 1.807) is 18.2 Å². The number of non-ortho nitro benzene ring substituents is 1. The van der Waals surface area contributed by atoms with Crippen molar-refractivity contribution in [2.45, 2.75) is 0 Å². The van der Waals surface area contributed by atoms with E-state index < -0.39 is 0 Å². The highest BCUT2D eigenvalue weighted by molar-refractivity contribution is 5.90. The molecule has 0 atom stereocenters. The van der Waals surface area contributed by atoms with E-state index >= 15 is 0 Å². The van der Waals surface area contributed by atoms with Crippen LogP contribution < -0.4 is 0 Å². The topological polar surface area (TPSA) is 43.1 Å². The summed E-state index contributed by atoms with van der Waals surface area (Å²) < 4.78 is 0. The van der Waals surface area contributed by atoms with Gasteiger partial charge in [0.2, 0.25) is 0 Å². The van der Waals surface area contributed by atoms with E-state index in [4.69, 9.17) is 0 Å². The molecule has 2 aromatic rings. The van der Waals surface area contributed by atoms with Gasteiger partial charge in [-0.25, -0.2) is 0 Å². The van der Waals surface area contributed by atoms with Crippen LogP contribution in [0, 0.1) is 16.2 Å². The van der Waals surface area contributed by atoms with E-state index in [1.165, 1.54) is 6.07 Å². The van der Waals surface area contributed by atoms with E-state index in [0.717, 1.165) is 5.39 Å². The van der Waals surface area contributed by atoms with Crippen LogP contribution in [0.5, 0.6) is 0 Å². The molecule has 0 unspecified atom stereocenters. The van der Waals surface area contributed by atoms with Gasteiger partial charge in [0.05, 0.1) is 10.3 Å². The third kappa shape index (κ3) is 1.24. The van der Waals surface area contributed by atoms with Crippen molar-refractivity contribution in [2.75, 3.05) is 0 Å². The highest BCUT2D eigenvalue weighted by Gasteiger charge is 2.09. The number of nitrogens with zero attached hydrogens (tertiary/aromatic N) is 1. The molecule has 1 radical (unpaired) electrons. The van der Waals surface area contributed by atoms with Crippen molar-refractivity contribution < 1.29 is 4.92 Å². The number of nitro benzene ring substituents is 1. The Morgan fingerprint density at radius 2 is 2.00 bits per heavy atom. The lowest BCUT2D eigenvalue weighted by Crippen LogP contribution is -1.88. The number of fused-ring (bicyclic) bond motifs is 1. The van der Waals surface area contributed by atoms with Gasteiger partial charge in [-0.1, -0.05) is 18.2 Å². The highest BCUT2D eigenvalue weighted by atomic mass is 16.6. The minimum atomic E-state index is -0.379. The molecule has 0 saturated heterocycles. The van der Waals surface area contributed by atoms with E-state index in [1.807, 2.05) is 12.1 Å². The number of rotatable bonds is 1. The summed E-state index contributed by atoms with van der Waals surface area (Å²) in [4.78, 5) is 10.2. The molecule has 0 aromatic heterocycles. The van der Waals surface area contributed by atoms with Crippen LogP contribution in [0.1, 0.15) is 0 Å².